The first-order valence-electron chi connectivity index (χ1n) is 11.9. The number of amides is 1. The van der Waals surface area contributed by atoms with Crippen molar-refractivity contribution in [3.63, 3.8) is 0 Å². The highest BCUT2D eigenvalue weighted by atomic mass is 31.3. The second-order valence-corrected chi connectivity index (χ2v) is 13.1. The van der Waals surface area contributed by atoms with E-state index in [1.165, 1.54) is 0 Å². The average Bonchev–Trinajstić information content (AvgIpc) is 3.39. The smallest absolute Gasteiger partial charge is 0.352 e. The third kappa shape index (κ3) is 9.52. The highest BCUT2D eigenvalue weighted by Crippen LogP contribution is 2.66. The molecule has 2 aromatic rings. The van der Waals surface area contributed by atoms with E-state index < -0.39 is 101 Å². The van der Waals surface area contributed by atoms with Crippen molar-refractivity contribution in [2.75, 3.05) is 13.2 Å². The minimum atomic E-state index is -5.75. The van der Waals surface area contributed by atoms with Gasteiger partial charge in [-0.2, -0.15) is 8.62 Å². The number of hydrogen-bond acceptors (Lipinski definition) is 11. The molecule has 4 atom stereocenters. The van der Waals surface area contributed by atoms with E-state index in [0.29, 0.717) is 0 Å². The van der Waals surface area contributed by atoms with Gasteiger partial charge >= 0.3 is 29.2 Å². The second-order valence-electron chi connectivity index (χ2n) is 8.71. The molecule has 1 aromatic carbocycles. The van der Waals surface area contributed by atoms with Gasteiger partial charge in [-0.05, 0) is 18.4 Å². The number of carbonyl (C=O) groups is 1. The first-order chi connectivity index (χ1) is 21.2. The van der Waals surface area contributed by atoms with Gasteiger partial charge in [-0.15, -0.1) is 0 Å². The number of aromatic amines is 1. The van der Waals surface area contributed by atoms with E-state index in [2.05, 4.69) is 18.3 Å². The average molecular weight is 724 g/mol. The molecule has 1 aliphatic rings. The van der Waals surface area contributed by atoms with Gasteiger partial charge in [-0.3, -0.25) is 23.7 Å². The Labute approximate surface area is 251 Å². The van der Waals surface area contributed by atoms with Crippen LogP contribution in [0.4, 0.5) is 23.2 Å². The third-order valence-electron chi connectivity index (χ3n) is 5.52. The minimum Gasteiger partial charge on any atom is -0.352 e. The first-order valence-corrected chi connectivity index (χ1v) is 16.4. The van der Waals surface area contributed by atoms with Crippen LogP contribution in [-0.2, 0) is 31.6 Å². The number of carbonyl (C=O) groups excluding carboxylic acids is 1. The van der Waals surface area contributed by atoms with Crippen molar-refractivity contribution >= 4 is 41.1 Å². The largest absolute Gasteiger partial charge is 0.490 e. The van der Waals surface area contributed by atoms with Crippen molar-refractivity contribution < 1.29 is 73.5 Å². The Morgan fingerprint density at radius 1 is 1.09 bits per heavy atom. The Balaban J connectivity index is 1.65. The summed E-state index contributed by atoms with van der Waals surface area (Å²) in [5.41, 5.74) is 2.84. The van der Waals surface area contributed by atoms with Gasteiger partial charge in [-0.1, -0.05) is 17.3 Å². The Bertz CT molecular complexity index is 1850. The first kappa shape index (κ1) is 37.0. The highest BCUT2D eigenvalue weighted by molar-refractivity contribution is 7.66. The fraction of sp³-hybridized carbons (Fsp3) is 0.316. The molecule has 6 N–H and O–H groups in total. The number of benzene rings is 1. The lowest BCUT2D eigenvalue weighted by molar-refractivity contribution is -0.0243. The van der Waals surface area contributed by atoms with Crippen LogP contribution >= 0.6 is 23.5 Å². The molecule has 27 heteroatoms. The molecule has 1 aromatic heterocycles. The van der Waals surface area contributed by atoms with E-state index in [4.69, 9.17) is 20.1 Å². The molecule has 1 saturated heterocycles. The molecule has 0 spiro atoms. The van der Waals surface area contributed by atoms with Gasteiger partial charge in [0.2, 0.25) is 0 Å². The number of phosphoric ester groups is 1. The molecule has 252 valence electrons. The van der Waals surface area contributed by atoms with Crippen LogP contribution in [0.2, 0.25) is 0 Å². The van der Waals surface area contributed by atoms with Gasteiger partial charge in [0.25, 0.3) is 11.5 Å². The number of nitrogens with zero attached hydrogens (tertiary/aromatic N) is 4. The lowest BCUT2D eigenvalue weighted by Crippen LogP contribution is -2.33. The zero-order valence-electron chi connectivity index (χ0n) is 22.2. The highest BCUT2D eigenvalue weighted by Gasteiger charge is 2.41. The number of hydrogen-bond donors (Lipinski definition) is 6. The van der Waals surface area contributed by atoms with Crippen LogP contribution < -0.4 is 16.6 Å². The van der Waals surface area contributed by atoms with E-state index in [0.717, 1.165) is 22.9 Å². The molecule has 0 saturated carbocycles. The van der Waals surface area contributed by atoms with Crippen molar-refractivity contribution in [2.45, 2.75) is 25.2 Å². The minimum absolute atomic E-state index is 0.0400. The maximum absolute atomic E-state index is 14.2. The molecule has 46 heavy (non-hydrogen) atoms. The number of azide groups is 1. The van der Waals surface area contributed by atoms with Gasteiger partial charge < -0.3 is 29.6 Å². The summed E-state index contributed by atoms with van der Waals surface area (Å²) in [5.74, 6) is -10.1. The fourth-order valence-electron chi connectivity index (χ4n) is 3.71. The molecule has 3 rings (SSSR count). The van der Waals surface area contributed by atoms with Crippen LogP contribution in [-0.4, -0.2) is 54.3 Å². The van der Waals surface area contributed by atoms with Gasteiger partial charge in [-0.25, -0.2) is 36.1 Å². The number of ether oxygens (including phenoxy) is 1. The van der Waals surface area contributed by atoms with Crippen molar-refractivity contribution in [1.82, 2.24) is 14.9 Å². The molecule has 0 radical (unpaired) electrons. The summed E-state index contributed by atoms with van der Waals surface area (Å²) < 4.78 is 108. The molecular formula is C19H19F4N6O14P3. The lowest BCUT2D eigenvalue weighted by Gasteiger charge is -2.19. The zero-order chi connectivity index (χ0) is 34.6. The van der Waals surface area contributed by atoms with Crippen LogP contribution in [0.1, 0.15) is 35.0 Å². The summed E-state index contributed by atoms with van der Waals surface area (Å²) in [5, 5.41) is 4.42. The Kier molecular flexibility index (Phi) is 11.7. The quantitative estimate of drug-likeness (QED) is 0.0432. The number of phosphoric acid groups is 3. The fourth-order valence-corrected chi connectivity index (χ4v) is 6.76. The normalized spacial score (nSPS) is 19.4. The van der Waals surface area contributed by atoms with Crippen molar-refractivity contribution in [1.29, 1.82) is 0 Å². The van der Waals surface area contributed by atoms with Crippen LogP contribution in [0.15, 0.2) is 27.0 Å². The van der Waals surface area contributed by atoms with Crippen molar-refractivity contribution in [2.24, 2.45) is 5.11 Å². The molecule has 0 aliphatic carbocycles. The summed E-state index contributed by atoms with van der Waals surface area (Å²) in [6, 6.07) is 0. The summed E-state index contributed by atoms with van der Waals surface area (Å²) in [6.45, 7) is -1.37. The number of rotatable bonds is 13. The standard InChI is InChI=1S/C19H19F4N6O14P3/c20-12-11(13(21)15(23)16(14(12)22)27-28-24)18(31)25-5-1-2-8-6-29(19(32)26-17(8)30)10-4-3-9(41-10)7-40-45(36,37)43-46(38,39)42-44(33,34)35/h1-2,6,9-10H,3-5,7H2,(H,25,31)(H,36,37)(H,38,39)(H,26,30,32)(H2,33,34,35)/b2-1+/t9-,10+/m0/s1. The van der Waals surface area contributed by atoms with E-state index in [1.54, 1.807) is 0 Å². The molecule has 0 bridgehead atoms. The summed E-state index contributed by atoms with van der Waals surface area (Å²) in [6.07, 6.45) is 0.992. The van der Waals surface area contributed by atoms with Crippen molar-refractivity contribution in [3.05, 3.63) is 77.9 Å². The Morgan fingerprint density at radius 3 is 2.30 bits per heavy atom. The molecule has 1 aliphatic heterocycles. The molecule has 2 heterocycles. The van der Waals surface area contributed by atoms with Crippen LogP contribution in [0.3, 0.4) is 0 Å². The Morgan fingerprint density at radius 2 is 1.72 bits per heavy atom. The number of aromatic nitrogens is 2. The van der Waals surface area contributed by atoms with Crippen LogP contribution in [0.5, 0.6) is 0 Å². The van der Waals surface area contributed by atoms with Gasteiger partial charge in [0.05, 0.1) is 18.3 Å². The number of nitrogens with one attached hydrogen (secondary N) is 2. The third-order valence-corrected chi connectivity index (χ3v) is 9.32. The van der Waals surface area contributed by atoms with Gasteiger partial charge in [0, 0.05) is 17.7 Å². The zero-order valence-corrected chi connectivity index (χ0v) is 24.9. The van der Waals surface area contributed by atoms with Gasteiger partial charge in [0.1, 0.15) is 17.5 Å². The van der Waals surface area contributed by atoms with E-state index in [-0.39, 0.29) is 18.4 Å². The van der Waals surface area contributed by atoms with Gasteiger partial charge in [0.15, 0.2) is 23.3 Å². The monoisotopic (exact) mass is 724 g/mol. The van der Waals surface area contributed by atoms with E-state index in [1.807, 2.05) is 15.2 Å². The summed E-state index contributed by atoms with van der Waals surface area (Å²) >= 11 is 0. The van der Waals surface area contributed by atoms with E-state index in [9.17, 15) is 55.4 Å². The van der Waals surface area contributed by atoms with Crippen LogP contribution in [0.25, 0.3) is 16.5 Å². The molecule has 20 nitrogen and oxygen atoms in total. The van der Waals surface area contributed by atoms with Crippen molar-refractivity contribution in [3.8, 4) is 0 Å². The summed E-state index contributed by atoms with van der Waals surface area (Å²) in [7, 11) is -16.8. The maximum Gasteiger partial charge on any atom is 0.490 e. The number of halogens is 4. The SMILES string of the molecule is [N-]=[N+]=Nc1c(F)c(F)c(C(=O)NC/C=C/c2cn([C@H]3CC[C@@H](COP(=O)(O)OP(=O)(O)OP(=O)(O)O)O3)c(=O)[nH]c2=O)c(F)c1F. The second kappa shape index (κ2) is 14.5. The molecule has 1 amide bonds. The molecule has 1 fully saturated rings. The van der Waals surface area contributed by atoms with Crippen LogP contribution in [0, 0.1) is 23.3 Å². The summed E-state index contributed by atoms with van der Waals surface area (Å²) in [4.78, 5) is 76.6. The Hall–Kier alpha value is -3.49. The lowest BCUT2D eigenvalue weighted by atomic mass is 10.1. The molecular weight excluding hydrogens is 705 g/mol. The molecule has 2 unspecified atom stereocenters. The van der Waals surface area contributed by atoms with E-state index >= 15 is 0 Å². The predicted molar refractivity (Wildman–Crippen MR) is 141 cm³/mol. The maximum atomic E-state index is 14.2. The number of H-pyrrole nitrogens is 1. The topological polar surface area (TPSA) is 302 Å². The predicted octanol–water partition coefficient (Wildman–Crippen LogP) is 2.50.